The number of nitrogens with one attached hydrogen (secondary N) is 3. The molecule has 11 rings (SSSR count). The van der Waals surface area contributed by atoms with Gasteiger partial charge in [0.2, 0.25) is 0 Å². The summed E-state index contributed by atoms with van der Waals surface area (Å²) in [5.74, 6) is -0.445. The summed E-state index contributed by atoms with van der Waals surface area (Å²) in [6.45, 7) is 0.226. The number of ether oxygens (including phenoxy) is 1. The van der Waals surface area contributed by atoms with E-state index in [1.807, 2.05) is 128 Å². The maximum atomic E-state index is 13.2. The van der Waals surface area contributed by atoms with Crippen molar-refractivity contribution < 1.29 is 34.5 Å². The van der Waals surface area contributed by atoms with Crippen LogP contribution in [-0.4, -0.2) is 57.3 Å². The predicted octanol–water partition coefficient (Wildman–Crippen LogP) is 13.5. The molecule has 3 aliphatic carbocycles. The number of nitrogens with zero attached hydrogens (tertiary/aromatic N) is 1. The third-order valence-electron chi connectivity index (χ3n) is 13.6. The number of ketones is 2. The molecule has 0 atom stereocenters. The molecule has 8 aromatic rings. The maximum Gasteiger partial charge on any atom is 0.414 e. The van der Waals surface area contributed by atoms with E-state index in [1.165, 1.54) is 16.0 Å². The molecule has 8 aromatic carbocycles. The number of carbonyl (C=O) groups is 5. The largest absolute Gasteiger partial charge is 0.448 e. The van der Waals surface area contributed by atoms with Crippen molar-refractivity contribution in [2.45, 2.75) is 31.6 Å². The molecule has 3 N–H and O–H groups in total. The van der Waals surface area contributed by atoms with E-state index < -0.39 is 13.2 Å². The summed E-state index contributed by atoms with van der Waals surface area (Å²) in [6, 6.07) is 58.0. The number of fused-ring (bicyclic) bond motifs is 5. The molecule has 0 spiro atoms. The predicted molar refractivity (Wildman–Crippen MR) is 288 cm³/mol. The second-order valence-electron chi connectivity index (χ2n) is 17.8. The highest BCUT2D eigenvalue weighted by molar-refractivity contribution is 6.14. The minimum atomic E-state index is -1.00. The van der Waals surface area contributed by atoms with Crippen molar-refractivity contribution in [3.05, 3.63) is 226 Å². The maximum absolute atomic E-state index is 13.2. The van der Waals surface area contributed by atoms with Gasteiger partial charge in [-0.25, -0.2) is 4.79 Å². The standard InChI is InChI=1S/C38H30N2O4.C23H20N2O2.CH3F/c1-40(38(43)44-23-33-30-13-7-5-11-28(30)29-12-6-8-14-31(29)33)26-17-15-25(16-18-26)37(42)39-34-21-19-27(24-9-3-2-4-10-24)32-20-22-35(41)36(32)34;1-24-17-9-7-16(8-10-17)23(27)25-20-13-11-18(15-5-3-2-4-6-15)19-12-14-21(26)22(19)20;1-2/h2-19,21,33H,20,22-23H2,1H3,(H,39,42);2-11,13,24H,12,14H2,1H3,(H,25,27);1H3/i;;1D. The second kappa shape index (κ2) is 22.0. The molecule has 0 saturated carbocycles. The van der Waals surface area contributed by atoms with Gasteiger partial charge in [-0.15, -0.1) is 0 Å². The van der Waals surface area contributed by atoms with Crippen LogP contribution in [0.2, 0.25) is 0 Å². The van der Waals surface area contributed by atoms with Crippen LogP contribution in [0.5, 0.6) is 0 Å². The Morgan fingerprint density at radius 1 is 0.562 bits per heavy atom. The van der Waals surface area contributed by atoms with Gasteiger partial charge in [0.05, 0.1) is 19.9 Å². The molecule has 0 unspecified atom stereocenters. The summed E-state index contributed by atoms with van der Waals surface area (Å²) < 4.78 is 21.3. The zero-order valence-corrected chi connectivity index (χ0v) is 40.4. The molecule has 11 heteroatoms. The number of Topliss-reactive ketones (excluding diaryl/α,β-unsaturated/α-hetero) is 2. The Balaban J connectivity index is 0.000000191. The number of halogens is 1. The van der Waals surface area contributed by atoms with E-state index in [4.69, 9.17) is 6.11 Å². The van der Waals surface area contributed by atoms with Crippen LogP contribution in [0.25, 0.3) is 33.4 Å². The SMILES string of the molecule is CN(C(=O)OCC1c2ccccc2-c2ccccc21)c1ccc(C(=O)Nc2ccc(-c3ccccc3)c3c2C(=O)CC3)cc1.CNc1ccc(C(=O)Nc2ccc(-c3ccccc3)c3c2C(=O)CC3)cc1.[2H]CF. The Morgan fingerprint density at radius 2 is 0.986 bits per heavy atom. The Hall–Kier alpha value is -8.96. The lowest BCUT2D eigenvalue weighted by molar-refractivity contribution is 0.0985. The molecule has 0 heterocycles. The number of amides is 3. The second-order valence-corrected chi connectivity index (χ2v) is 17.8. The summed E-state index contributed by atoms with van der Waals surface area (Å²) in [6.07, 6.45) is 1.80. The third kappa shape index (κ3) is 10.2. The lowest BCUT2D eigenvalue weighted by Gasteiger charge is -2.20. The van der Waals surface area contributed by atoms with Crippen molar-refractivity contribution in [3.8, 4) is 33.4 Å². The Bertz CT molecular complexity index is 3340. The lowest BCUT2D eigenvalue weighted by Crippen LogP contribution is -2.28. The average molecular weight is 970 g/mol. The zero-order chi connectivity index (χ0) is 51.7. The van der Waals surface area contributed by atoms with Gasteiger partial charge < -0.3 is 20.7 Å². The fourth-order valence-corrected chi connectivity index (χ4v) is 9.97. The fourth-order valence-electron chi connectivity index (χ4n) is 9.97. The molecule has 0 aliphatic heterocycles. The lowest BCUT2D eigenvalue weighted by atomic mass is 9.95. The van der Waals surface area contributed by atoms with Crippen LogP contribution in [0.1, 0.15) is 83.8 Å². The quantitative estimate of drug-likeness (QED) is 0.124. The Kier molecular flexibility index (Phi) is 14.4. The van der Waals surface area contributed by atoms with E-state index in [-0.39, 0.29) is 35.9 Å². The first-order chi connectivity index (χ1) is 36.1. The van der Waals surface area contributed by atoms with E-state index in [0.717, 1.165) is 50.2 Å². The van der Waals surface area contributed by atoms with Crippen LogP contribution in [0.4, 0.5) is 31.9 Å². The molecular formula is C62H53FN4O6. The number of rotatable bonds is 10. The number of benzene rings is 8. The minimum Gasteiger partial charge on any atom is -0.448 e. The summed E-state index contributed by atoms with van der Waals surface area (Å²) >= 11 is 0. The Labute approximate surface area is 425 Å². The van der Waals surface area contributed by atoms with Crippen LogP contribution in [0.15, 0.2) is 182 Å². The molecule has 0 saturated heterocycles. The van der Waals surface area contributed by atoms with Crippen LogP contribution in [0.3, 0.4) is 0 Å². The molecular weight excluding hydrogens is 916 g/mol. The van der Waals surface area contributed by atoms with Crippen molar-refractivity contribution >= 4 is 52.2 Å². The fraction of sp³-hybridized carbons (Fsp3) is 0.145. The van der Waals surface area contributed by atoms with Gasteiger partial charge in [0.25, 0.3) is 11.8 Å². The molecule has 0 aromatic heterocycles. The van der Waals surface area contributed by atoms with Gasteiger partial charge in [0.1, 0.15) is 6.61 Å². The number of anilines is 4. The van der Waals surface area contributed by atoms with Gasteiger partial charge in [0.15, 0.2) is 11.6 Å². The van der Waals surface area contributed by atoms with Crippen molar-refractivity contribution in [1.29, 1.82) is 0 Å². The molecule has 73 heavy (non-hydrogen) atoms. The first-order valence-corrected chi connectivity index (χ1v) is 24.0. The molecule has 3 amide bonds. The van der Waals surface area contributed by atoms with Crippen LogP contribution in [0, 0.1) is 0 Å². The van der Waals surface area contributed by atoms with E-state index >= 15 is 0 Å². The molecule has 3 aliphatic rings. The smallest absolute Gasteiger partial charge is 0.414 e. The van der Waals surface area contributed by atoms with Gasteiger partial charge in [-0.3, -0.25) is 28.5 Å². The van der Waals surface area contributed by atoms with E-state index in [2.05, 4.69) is 40.2 Å². The molecule has 0 fully saturated rings. The van der Waals surface area contributed by atoms with Gasteiger partial charge in [0, 0.05) is 66.5 Å². The van der Waals surface area contributed by atoms with Crippen molar-refractivity contribution in [2.75, 3.05) is 48.7 Å². The Morgan fingerprint density at radius 3 is 1.44 bits per heavy atom. The monoisotopic (exact) mass is 969 g/mol. The molecule has 0 bridgehead atoms. The molecule has 0 radical (unpaired) electrons. The van der Waals surface area contributed by atoms with Crippen LogP contribution in [-0.2, 0) is 17.6 Å². The summed E-state index contributed by atoms with van der Waals surface area (Å²) in [5, 5.41) is 8.89. The number of alkyl halides is 1. The summed E-state index contributed by atoms with van der Waals surface area (Å²) in [4.78, 5) is 65.7. The summed E-state index contributed by atoms with van der Waals surface area (Å²) in [7, 11) is 2.48. The highest BCUT2D eigenvalue weighted by Gasteiger charge is 2.31. The van der Waals surface area contributed by atoms with E-state index in [1.54, 1.807) is 43.4 Å². The zero-order valence-electron chi connectivity index (χ0n) is 41.4. The van der Waals surface area contributed by atoms with Crippen LogP contribution >= 0.6 is 0 Å². The highest BCUT2D eigenvalue weighted by atomic mass is 19.1. The first kappa shape index (κ1) is 47.7. The van der Waals surface area contributed by atoms with E-state index in [0.29, 0.717) is 65.0 Å². The average Bonchev–Trinajstić information content (AvgIpc) is 4.14. The van der Waals surface area contributed by atoms with Crippen molar-refractivity contribution in [2.24, 2.45) is 0 Å². The van der Waals surface area contributed by atoms with Gasteiger partial charge in [-0.05, 0) is 129 Å². The van der Waals surface area contributed by atoms with Crippen LogP contribution < -0.4 is 20.9 Å². The minimum absolute atomic E-state index is 0.0269. The third-order valence-corrected chi connectivity index (χ3v) is 13.6. The van der Waals surface area contributed by atoms with Crippen molar-refractivity contribution in [1.82, 2.24) is 0 Å². The van der Waals surface area contributed by atoms with Gasteiger partial charge in [-0.1, -0.05) is 121 Å². The first-order valence-electron chi connectivity index (χ1n) is 24.7. The number of carbonyl (C=O) groups excluding carboxylic acids is 5. The summed E-state index contributed by atoms with van der Waals surface area (Å²) in [5.41, 5.74) is 15.7. The number of hydrogen-bond acceptors (Lipinski definition) is 7. The molecule has 364 valence electrons. The van der Waals surface area contributed by atoms with Gasteiger partial charge in [-0.2, -0.15) is 0 Å². The molecule has 10 nitrogen and oxygen atoms in total. The van der Waals surface area contributed by atoms with E-state index in [9.17, 15) is 28.4 Å². The topological polar surface area (TPSA) is 134 Å². The number of hydrogen-bond donors (Lipinski definition) is 3. The normalized spacial score (nSPS) is 12.8. The van der Waals surface area contributed by atoms with Crippen molar-refractivity contribution in [3.63, 3.8) is 0 Å². The highest BCUT2D eigenvalue weighted by Crippen LogP contribution is 2.45. The van der Waals surface area contributed by atoms with Gasteiger partial charge >= 0.3 is 6.09 Å².